The largest absolute Gasteiger partial charge is 0.444 e. The fraction of sp³-hybridized carbons (Fsp3) is 0.500. The Morgan fingerprint density at radius 2 is 2.17 bits per heavy atom. The molecule has 0 atom stereocenters. The van der Waals surface area contributed by atoms with Crippen LogP contribution in [0.3, 0.4) is 0 Å². The first-order valence-electron chi connectivity index (χ1n) is 5.61. The molecule has 1 heterocycles. The van der Waals surface area contributed by atoms with Crippen molar-refractivity contribution in [1.82, 2.24) is 9.88 Å². The summed E-state index contributed by atoms with van der Waals surface area (Å²) < 4.78 is 7.10. The molecule has 0 aliphatic carbocycles. The molecule has 1 aromatic rings. The summed E-state index contributed by atoms with van der Waals surface area (Å²) in [5, 5.41) is 2.60. The second-order valence-electron chi connectivity index (χ2n) is 4.78. The second kappa shape index (κ2) is 6.04. The zero-order valence-corrected chi connectivity index (χ0v) is 12.3. The van der Waals surface area contributed by atoms with Gasteiger partial charge in [-0.3, -0.25) is 4.79 Å². The predicted octanol–water partition coefficient (Wildman–Crippen LogP) is 2.14. The van der Waals surface area contributed by atoms with Crippen LogP contribution < -0.4 is 10.9 Å². The summed E-state index contributed by atoms with van der Waals surface area (Å²) in [6.45, 7) is 6.13. The van der Waals surface area contributed by atoms with Crippen molar-refractivity contribution >= 4 is 22.0 Å². The van der Waals surface area contributed by atoms with Gasteiger partial charge in [-0.2, -0.15) is 0 Å². The Morgan fingerprint density at radius 1 is 1.50 bits per heavy atom. The molecule has 0 spiro atoms. The minimum Gasteiger partial charge on any atom is -0.444 e. The number of ether oxygens (including phenoxy) is 1. The van der Waals surface area contributed by atoms with Crippen LogP contribution in [0.5, 0.6) is 0 Å². The van der Waals surface area contributed by atoms with Crippen LogP contribution >= 0.6 is 15.9 Å². The number of amides is 1. The van der Waals surface area contributed by atoms with E-state index in [0.717, 1.165) is 0 Å². The molecule has 18 heavy (non-hydrogen) atoms. The van der Waals surface area contributed by atoms with Gasteiger partial charge < -0.3 is 14.6 Å². The molecule has 100 valence electrons. The minimum absolute atomic E-state index is 0.122. The molecule has 6 heteroatoms. The van der Waals surface area contributed by atoms with Crippen LogP contribution in [0.25, 0.3) is 0 Å². The summed E-state index contributed by atoms with van der Waals surface area (Å²) in [5.74, 6) is 0. The molecule has 0 aliphatic rings. The Labute approximate surface area is 114 Å². The van der Waals surface area contributed by atoms with E-state index in [1.54, 1.807) is 39.1 Å². The third-order valence-electron chi connectivity index (χ3n) is 1.99. The van der Waals surface area contributed by atoms with Crippen molar-refractivity contribution in [3.05, 3.63) is 33.2 Å². The molecule has 0 saturated carbocycles. The van der Waals surface area contributed by atoms with Crippen LogP contribution in [-0.2, 0) is 11.3 Å². The average Bonchev–Trinajstić information content (AvgIpc) is 2.21. The Balaban J connectivity index is 2.45. The number of halogens is 1. The fourth-order valence-electron chi connectivity index (χ4n) is 1.28. The zero-order valence-electron chi connectivity index (χ0n) is 10.7. The van der Waals surface area contributed by atoms with Crippen molar-refractivity contribution in [2.24, 2.45) is 0 Å². The van der Waals surface area contributed by atoms with E-state index in [-0.39, 0.29) is 5.56 Å². The number of pyridine rings is 1. The topological polar surface area (TPSA) is 60.3 Å². The first kappa shape index (κ1) is 14.8. The lowest BCUT2D eigenvalue weighted by atomic mass is 10.2. The highest BCUT2D eigenvalue weighted by Crippen LogP contribution is 2.06. The van der Waals surface area contributed by atoms with Gasteiger partial charge >= 0.3 is 6.09 Å². The first-order chi connectivity index (χ1) is 8.29. The molecule has 0 bridgehead atoms. The molecule has 5 nitrogen and oxygen atoms in total. The number of rotatable bonds is 3. The number of hydrogen-bond acceptors (Lipinski definition) is 3. The maximum atomic E-state index is 11.6. The van der Waals surface area contributed by atoms with Gasteiger partial charge in [-0.05, 0) is 48.8 Å². The van der Waals surface area contributed by atoms with E-state index in [4.69, 9.17) is 4.74 Å². The summed E-state index contributed by atoms with van der Waals surface area (Å²) >= 11 is 3.16. The number of aromatic nitrogens is 1. The van der Waals surface area contributed by atoms with Crippen LogP contribution in [-0.4, -0.2) is 22.8 Å². The SMILES string of the molecule is CC(C)(C)OC(=O)NCCn1cccc(Br)c1=O. The van der Waals surface area contributed by atoms with Crippen molar-refractivity contribution in [2.75, 3.05) is 6.54 Å². The van der Waals surface area contributed by atoms with Gasteiger partial charge in [0.2, 0.25) is 0 Å². The number of alkyl carbamates (subject to hydrolysis) is 1. The van der Waals surface area contributed by atoms with E-state index in [1.807, 2.05) is 0 Å². The lowest BCUT2D eigenvalue weighted by molar-refractivity contribution is 0.0526. The monoisotopic (exact) mass is 316 g/mol. The smallest absolute Gasteiger partial charge is 0.407 e. The first-order valence-corrected chi connectivity index (χ1v) is 6.41. The van der Waals surface area contributed by atoms with E-state index in [1.165, 1.54) is 4.57 Å². The molecule has 0 saturated heterocycles. The summed E-state index contributed by atoms with van der Waals surface area (Å²) in [6, 6.07) is 3.44. The zero-order chi connectivity index (χ0) is 13.8. The molecule has 0 aromatic carbocycles. The Morgan fingerprint density at radius 3 is 2.78 bits per heavy atom. The number of carbonyl (C=O) groups excluding carboxylic acids is 1. The molecular weight excluding hydrogens is 300 g/mol. The van der Waals surface area contributed by atoms with E-state index in [0.29, 0.717) is 17.6 Å². The minimum atomic E-state index is -0.517. The van der Waals surface area contributed by atoms with Crippen molar-refractivity contribution < 1.29 is 9.53 Å². The molecule has 0 radical (unpaired) electrons. The fourth-order valence-corrected chi connectivity index (χ4v) is 1.66. The lowest BCUT2D eigenvalue weighted by Crippen LogP contribution is -2.35. The number of carbonyl (C=O) groups is 1. The molecule has 1 rings (SSSR count). The highest BCUT2D eigenvalue weighted by atomic mass is 79.9. The van der Waals surface area contributed by atoms with E-state index >= 15 is 0 Å². The van der Waals surface area contributed by atoms with Gasteiger partial charge in [0.1, 0.15) is 5.60 Å². The molecule has 0 fully saturated rings. The quantitative estimate of drug-likeness (QED) is 0.929. The van der Waals surface area contributed by atoms with Crippen LogP contribution in [0.4, 0.5) is 4.79 Å². The van der Waals surface area contributed by atoms with Gasteiger partial charge in [0, 0.05) is 19.3 Å². The summed E-state index contributed by atoms with van der Waals surface area (Å²) in [7, 11) is 0. The van der Waals surface area contributed by atoms with E-state index in [9.17, 15) is 9.59 Å². The normalized spacial score (nSPS) is 11.1. The predicted molar refractivity (Wildman–Crippen MR) is 72.6 cm³/mol. The van der Waals surface area contributed by atoms with Crippen molar-refractivity contribution in [2.45, 2.75) is 32.9 Å². The van der Waals surface area contributed by atoms with Crippen molar-refractivity contribution in [3.8, 4) is 0 Å². The van der Waals surface area contributed by atoms with Crippen molar-refractivity contribution in [1.29, 1.82) is 0 Å². The standard InChI is InChI=1S/C12H17BrN2O3/c1-12(2,3)18-11(17)14-6-8-15-7-4-5-9(13)10(15)16/h4-5,7H,6,8H2,1-3H3,(H,14,17). The second-order valence-corrected chi connectivity index (χ2v) is 5.64. The van der Waals surface area contributed by atoms with E-state index < -0.39 is 11.7 Å². The summed E-state index contributed by atoms with van der Waals surface area (Å²) in [5.41, 5.74) is -0.639. The lowest BCUT2D eigenvalue weighted by Gasteiger charge is -2.19. The number of hydrogen-bond donors (Lipinski definition) is 1. The molecule has 1 N–H and O–H groups in total. The molecular formula is C12H17BrN2O3. The third-order valence-corrected chi connectivity index (χ3v) is 2.60. The molecule has 0 unspecified atom stereocenters. The van der Waals surface area contributed by atoms with E-state index in [2.05, 4.69) is 21.2 Å². The maximum Gasteiger partial charge on any atom is 0.407 e. The molecule has 1 aromatic heterocycles. The van der Waals surface area contributed by atoms with Crippen LogP contribution in [0.2, 0.25) is 0 Å². The van der Waals surface area contributed by atoms with Gasteiger partial charge in [0.25, 0.3) is 5.56 Å². The number of nitrogens with one attached hydrogen (secondary N) is 1. The van der Waals surface area contributed by atoms with Gasteiger partial charge in [-0.15, -0.1) is 0 Å². The van der Waals surface area contributed by atoms with Gasteiger partial charge in [-0.25, -0.2) is 4.79 Å². The molecule has 0 aliphatic heterocycles. The highest BCUT2D eigenvalue weighted by Gasteiger charge is 2.15. The van der Waals surface area contributed by atoms with Crippen LogP contribution in [0.1, 0.15) is 20.8 Å². The Kier molecular flexibility index (Phi) is 4.95. The highest BCUT2D eigenvalue weighted by molar-refractivity contribution is 9.10. The van der Waals surface area contributed by atoms with Crippen molar-refractivity contribution in [3.63, 3.8) is 0 Å². The van der Waals surface area contributed by atoms with Gasteiger partial charge in [0.05, 0.1) is 4.47 Å². The Hall–Kier alpha value is -1.30. The third kappa shape index (κ3) is 4.91. The number of nitrogens with zero attached hydrogens (tertiary/aromatic N) is 1. The van der Waals surface area contributed by atoms with Crippen LogP contribution in [0.15, 0.2) is 27.6 Å². The summed E-state index contributed by atoms with van der Waals surface area (Å²) in [4.78, 5) is 23.0. The van der Waals surface area contributed by atoms with Gasteiger partial charge in [0.15, 0.2) is 0 Å². The van der Waals surface area contributed by atoms with Gasteiger partial charge in [-0.1, -0.05) is 0 Å². The summed E-state index contributed by atoms with van der Waals surface area (Å²) in [6.07, 6.45) is 1.19. The molecule has 1 amide bonds. The Bertz CT molecular complexity index is 477. The average molecular weight is 317 g/mol. The maximum absolute atomic E-state index is 11.6. The van der Waals surface area contributed by atoms with Crippen LogP contribution in [0, 0.1) is 0 Å².